The largest absolute Gasteiger partial charge is 0.339 e. The lowest BCUT2D eigenvalue weighted by atomic mass is 9.96. The molecule has 0 saturated carbocycles. The van der Waals surface area contributed by atoms with Crippen LogP contribution in [0, 0.1) is 5.92 Å². The number of imidazole rings is 1. The second-order valence-electron chi connectivity index (χ2n) is 6.30. The van der Waals surface area contributed by atoms with Gasteiger partial charge in [0.05, 0.1) is 12.0 Å². The van der Waals surface area contributed by atoms with Crippen LogP contribution < -0.4 is 0 Å². The summed E-state index contributed by atoms with van der Waals surface area (Å²) in [5.74, 6) is 0.654. The lowest BCUT2D eigenvalue weighted by Gasteiger charge is -2.32. The SMILES string of the molecule is O=C(c1cccc(-n2cnnn2)c1)N1CCC(Cn2ccnc2)CC1. The highest BCUT2D eigenvalue weighted by atomic mass is 16.2. The second kappa shape index (κ2) is 6.84. The molecular formula is C17H19N7O. The average Bonchev–Trinajstić information content (AvgIpc) is 3.36. The van der Waals surface area contributed by atoms with E-state index in [1.54, 1.807) is 10.9 Å². The minimum absolute atomic E-state index is 0.0657. The van der Waals surface area contributed by atoms with Crippen molar-refractivity contribution in [3.63, 3.8) is 0 Å². The summed E-state index contributed by atoms with van der Waals surface area (Å²) < 4.78 is 3.66. The molecule has 1 aliphatic heterocycles. The first-order valence-electron chi connectivity index (χ1n) is 8.38. The zero-order chi connectivity index (χ0) is 17.1. The van der Waals surface area contributed by atoms with E-state index < -0.39 is 0 Å². The minimum Gasteiger partial charge on any atom is -0.339 e. The molecule has 8 heteroatoms. The number of aromatic nitrogens is 6. The number of benzene rings is 1. The molecule has 0 atom stereocenters. The molecule has 8 nitrogen and oxygen atoms in total. The summed E-state index contributed by atoms with van der Waals surface area (Å²) in [4.78, 5) is 18.8. The Bertz CT molecular complexity index is 821. The van der Waals surface area contributed by atoms with Gasteiger partial charge in [-0.2, -0.15) is 0 Å². The number of hydrogen-bond donors (Lipinski definition) is 0. The predicted molar refractivity (Wildman–Crippen MR) is 90.0 cm³/mol. The molecule has 1 saturated heterocycles. The first kappa shape index (κ1) is 15.5. The Morgan fingerprint density at radius 3 is 2.80 bits per heavy atom. The summed E-state index contributed by atoms with van der Waals surface area (Å²) in [6, 6.07) is 7.41. The number of hydrogen-bond acceptors (Lipinski definition) is 5. The molecule has 128 valence electrons. The van der Waals surface area contributed by atoms with Crippen molar-refractivity contribution in [2.45, 2.75) is 19.4 Å². The van der Waals surface area contributed by atoms with Crippen molar-refractivity contribution in [3.05, 3.63) is 54.9 Å². The van der Waals surface area contributed by atoms with Crippen molar-refractivity contribution in [2.24, 2.45) is 5.92 Å². The zero-order valence-corrected chi connectivity index (χ0v) is 13.8. The zero-order valence-electron chi connectivity index (χ0n) is 13.8. The van der Waals surface area contributed by atoms with E-state index in [9.17, 15) is 4.79 Å². The molecule has 3 heterocycles. The van der Waals surface area contributed by atoms with Gasteiger partial charge in [0, 0.05) is 37.6 Å². The van der Waals surface area contributed by atoms with E-state index in [2.05, 4.69) is 25.1 Å². The van der Waals surface area contributed by atoms with Gasteiger partial charge < -0.3 is 9.47 Å². The van der Waals surface area contributed by atoms with Gasteiger partial charge in [-0.3, -0.25) is 4.79 Å². The Kier molecular flexibility index (Phi) is 4.24. The summed E-state index contributed by atoms with van der Waals surface area (Å²) in [5.41, 5.74) is 1.45. The topological polar surface area (TPSA) is 81.7 Å². The van der Waals surface area contributed by atoms with E-state index in [4.69, 9.17) is 0 Å². The number of piperidine rings is 1. The Morgan fingerprint density at radius 2 is 2.08 bits per heavy atom. The standard InChI is InChI=1S/C17H19N7O/c25-17(15-2-1-3-16(10-15)24-13-19-20-21-24)23-7-4-14(5-8-23)11-22-9-6-18-12-22/h1-3,6,9-10,12-14H,4-5,7-8,11H2. The lowest BCUT2D eigenvalue weighted by molar-refractivity contribution is 0.0683. The van der Waals surface area contributed by atoms with E-state index in [0.29, 0.717) is 11.5 Å². The summed E-state index contributed by atoms with van der Waals surface area (Å²) in [7, 11) is 0. The Morgan fingerprint density at radius 1 is 1.20 bits per heavy atom. The number of nitrogens with zero attached hydrogens (tertiary/aromatic N) is 7. The Labute approximate surface area is 145 Å². The molecule has 1 aromatic carbocycles. The fourth-order valence-electron chi connectivity index (χ4n) is 3.26. The van der Waals surface area contributed by atoms with E-state index >= 15 is 0 Å². The molecule has 1 amide bonds. The van der Waals surface area contributed by atoms with Crippen LogP contribution in [-0.2, 0) is 6.54 Å². The van der Waals surface area contributed by atoms with Crippen LogP contribution in [0.15, 0.2) is 49.3 Å². The summed E-state index contributed by atoms with van der Waals surface area (Å²) >= 11 is 0. The van der Waals surface area contributed by atoms with Crippen LogP contribution in [0.5, 0.6) is 0 Å². The van der Waals surface area contributed by atoms with Crippen LogP contribution in [0.4, 0.5) is 0 Å². The first-order valence-corrected chi connectivity index (χ1v) is 8.38. The van der Waals surface area contributed by atoms with Crippen molar-refractivity contribution in [3.8, 4) is 5.69 Å². The monoisotopic (exact) mass is 337 g/mol. The van der Waals surface area contributed by atoms with Crippen LogP contribution in [0.25, 0.3) is 5.69 Å². The quantitative estimate of drug-likeness (QED) is 0.719. The van der Waals surface area contributed by atoms with Crippen molar-refractivity contribution < 1.29 is 4.79 Å². The molecule has 1 aliphatic rings. The van der Waals surface area contributed by atoms with Gasteiger partial charge in [-0.1, -0.05) is 6.07 Å². The minimum atomic E-state index is 0.0657. The molecule has 1 fully saturated rings. The molecule has 4 rings (SSSR count). The van der Waals surface area contributed by atoms with Crippen LogP contribution in [0.2, 0.25) is 0 Å². The molecule has 0 bridgehead atoms. The maximum absolute atomic E-state index is 12.8. The highest BCUT2D eigenvalue weighted by Crippen LogP contribution is 2.21. The molecule has 0 N–H and O–H groups in total. The molecule has 0 unspecified atom stereocenters. The van der Waals surface area contributed by atoms with Crippen molar-refractivity contribution >= 4 is 5.91 Å². The third-order valence-electron chi connectivity index (χ3n) is 4.64. The second-order valence-corrected chi connectivity index (χ2v) is 6.30. The number of tetrazole rings is 1. The molecular weight excluding hydrogens is 318 g/mol. The molecule has 0 radical (unpaired) electrons. The number of amides is 1. The van der Waals surface area contributed by atoms with Crippen LogP contribution in [0.3, 0.4) is 0 Å². The van der Waals surface area contributed by atoms with E-state index in [1.165, 1.54) is 6.33 Å². The van der Waals surface area contributed by atoms with Gasteiger partial charge >= 0.3 is 0 Å². The van der Waals surface area contributed by atoms with Crippen LogP contribution in [0.1, 0.15) is 23.2 Å². The van der Waals surface area contributed by atoms with Gasteiger partial charge in [0.2, 0.25) is 0 Å². The first-order chi connectivity index (χ1) is 12.3. The number of likely N-dealkylation sites (tertiary alicyclic amines) is 1. The molecule has 3 aromatic rings. The fraction of sp³-hybridized carbons (Fsp3) is 0.353. The van der Waals surface area contributed by atoms with Gasteiger partial charge in [0.25, 0.3) is 5.91 Å². The number of carbonyl (C=O) groups excluding carboxylic acids is 1. The molecule has 25 heavy (non-hydrogen) atoms. The Balaban J connectivity index is 1.40. The smallest absolute Gasteiger partial charge is 0.253 e. The van der Waals surface area contributed by atoms with Gasteiger partial charge in [-0.15, -0.1) is 5.10 Å². The lowest BCUT2D eigenvalue weighted by Crippen LogP contribution is -2.39. The summed E-state index contributed by atoms with van der Waals surface area (Å²) in [6.45, 7) is 2.54. The van der Waals surface area contributed by atoms with Gasteiger partial charge in [0.15, 0.2) is 0 Å². The highest BCUT2D eigenvalue weighted by Gasteiger charge is 2.24. The predicted octanol–water partition coefficient (Wildman–Crippen LogP) is 1.41. The number of carbonyl (C=O) groups is 1. The molecule has 2 aromatic heterocycles. The molecule has 0 spiro atoms. The van der Waals surface area contributed by atoms with Crippen molar-refractivity contribution in [2.75, 3.05) is 13.1 Å². The van der Waals surface area contributed by atoms with Gasteiger partial charge in [-0.25, -0.2) is 9.67 Å². The van der Waals surface area contributed by atoms with E-state index in [-0.39, 0.29) is 5.91 Å². The van der Waals surface area contributed by atoms with Crippen molar-refractivity contribution in [1.82, 2.24) is 34.7 Å². The van der Waals surface area contributed by atoms with Crippen molar-refractivity contribution in [1.29, 1.82) is 0 Å². The van der Waals surface area contributed by atoms with Crippen LogP contribution in [-0.4, -0.2) is 53.7 Å². The van der Waals surface area contributed by atoms with Gasteiger partial charge in [0.1, 0.15) is 6.33 Å². The highest BCUT2D eigenvalue weighted by molar-refractivity contribution is 5.94. The molecule has 0 aliphatic carbocycles. The normalized spacial score (nSPS) is 15.4. The average molecular weight is 337 g/mol. The van der Waals surface area contributed by atoms with E-state index in [0.717, 1.165) is 38.2 Å². The van der Waals surface area contributed by atoms with Gasteiger partial charge in [-0.05, 0) is 47.4 Å². The third kappa shape index (κ3) is 3.42. The summed E-state index contributed by atoms with van der Waals surface area (Å²) in [6.07, 6.45) is 9.18. The van der Waals surface area contributed by atoms with E-state index in [1.807, 2.05) is 41.7 Å². The number of rotatable bonds is 4. The van der Waals surface area contributed by atoms with Crippen LogP contribution >= 0.6 is 0 Å². The summed E-state index contributed by atoms with van der Waals surface area (Å²) in [5, 5.41) is 11.1. The fourth-order valence-corrected chi connectivity index (χ4v) is 3.26. The third-order valence-corrected chi connectivity index (χ3v) is 4.64. The maximum Gasteiger partial charge on any atom is 0.253 e. The Hall–Kier alpha value is -3.03. The maximum atomic E-state index is 12.8.